The number of rotatable bonds is 6. The summed E-state index contributed by atoms with van der Waals surface area (Å²) in [5.41, 5.74) is -0.00309. The minimum Gasteiger partial charge on any atom is -0.502 e. The van der Waals surface area contributed by atoms with Crippen molar-refractivity contribution in [2.24, 2.45) is 0 Å². The molecule has 0 unspecified atom stereocenters. The summed E-state index contributed by atoms with van der Waals surface area (Å²) in [6.07, 6.45) is 1.15. The van der Waals surface area contributed by atoms with Gasteiger partial charge in [0.25, 0.3) is 5.91 Å². The van der Waals surface area contributed by atoms with Crippen molar-refractivity contribution in [3.05, 3.63) is 42.3 Å². The van der Waals surface area contributed by atoms with E-state index in [1.807, 2.05) is 6.07 Å². The molecule has 6 heteroatoms. The first-order valence-corrected chi connectivity index (χ1v) is 5.85. The van der Waals surface area contributed by atoms with Crippen molar-refractivity contribution in [1.29, 1.82) is 0 Å². The predicted octanol–water partition coefficient (Wildman–Crippen LogP) is 1.18. The number of methoxy groups -OCH3 is 2. The molecule has 6 nitrogen and oxygen atoms in total. The maximum Gasteiger partial charge on any atom is 0.357 e. The second kappa shape index (κ2) is 7.83. The molecule has 0 aliphatic rings. The summed E-state index contributed by atoms with van der Waals surface area (Å²) >= 11 is 0. The maximum absolute atomic E-state index is 11.9. The lowest BCUT2D eigenvalue weighted by Crippen LogP contribution is -2.34. The van der Waals surface area contributed by atoms with E-state index >= 15 is 0 Å². The molecule has 0 saturated heterocycles. The summed E-state index contributed by atoms with van der Waals surface area (Å²) in [6, 6.07) is 8.92. The van der Waals surface area contributed by atoms with Gasteiger partial charge in [0.15, 0.2) is 12.3 Å². The van der Waals surface area contributed by atoms with E-state index in [-0.39, 0.29) is 12.3 Å². The Hall–Kier alpha value is -2.50. The van der Waals surface area contributed by atoms with Gasteiger partial charge in [-0.25, -0.2) is 4.79 Å². The number of carbonyl (C=O) groups excluding carboxylic acids is 2. The summed E-state index contributed by atoms with van der Waals surface area (Å²) < 4.78 is 14.7. The minimum atomic E-state index is -0.664. The van der Waals surface area contributed by atoms with Crippen LogP contribution in [-0.4, -0.2) is 44.7 Å². The molecular formula is C14H17NO5. The van der Waals surface area contributed by atoms with Gasteiger partial charge in [0.1, 0.15) is 12.0 Å². The summed E-state index contributed by atoms with van der Waals surface area (Å²) in [7, 11) is 4.05. The van der Waals surface area contributed by atoms with Gasteiger partial charge in [-0.1, -0.05) is 18.2 Å². The first-order chi connectivity index (χ1) is 9.60. The molecule has 0 heterocycles. The number of para-hydroxylation sites is 1. The molecule has 1 aromatic carbocycles. The summed E-state index contributed by atoms with van der Waals surface area (Å²) in [5, 5.41) is 0. The Morgan fingerprint density at radius 3 is 2.40 bits per heavy atom. The summed E-state index contributed by atoms with van der Waals surface area (Å²) in [5.74, 6) is -0.491. The molecule has 0 atom stereocenters. The van der Waals surface area contributed by atoms with Crippen molar-refractivity contribution in [3.8, 4) is 5.75 Å². The minimum absolute atomic E-state index is 0.00309. The Bertz CT molecular complexity index is 484. The fourth-order valence-electron chi connectivity index (χ4n) is 1.37. The van der Waals surface area contributed by atoms with Gasteiger partial charge in [0, 0.05) is 7.05 Å². The molecule has 0 spiro atoms. The van der Waals surface area contributed by atoms with Gasteiger partial charge < -0.3 is 19.1 Å². The molecule has 0 aromatic heterocycles. The highest BCUT2D eigenvalue weighted by Crippen LogP contribution is 2.10. The van der Waals surface area contributed by atoms with E-state index in [2.05, 4.69) is 4.74 Å². The fourth-order valence-corrected chi connectivity index (χ4v) is 1.37. The van der Waals surface area contributed by atoms with E-state index in [0.717, 1.165) is 11.2 Å². The van der Waals surface area contributed by atoms with Crippen molar-refractivity contribution in [3.63, 3.8) is 0 Å². The smallest absolute Gasteiger partial charge is 0.357 e. The van der Waals surface area contributed by atoms with Gasteiger partial charge in [0.05, 0.1) is 14.2 Å². The van der Waals surface area contributed by atoms with E-state index in [1.165, 1.54) is 21.3 Å². The molecule has 0 aliphatic heterocycles. The average Bonchev–Trinajstić information content (AvgIpc) is 2.49. The normalized spacial score (nSPS) is 10.7. The number of amides is 1. The number of nitrogens with zero attached hydrogens (tertiary/aromatic N) is 1. The van der Waals surface area contributed by atoms with Crippen molar-refractivity contribution in [2.45, 2.75) is 0 Å². The van der Waals surface area contributed by atoms with Crippen molar-refractivity contribution in [1.82, 2.24) is 4.90 Å². The number of hydrogen-bond donors (Lipinski definition) is 0. The summed E-state index contributed by atoms with van der Waals surface area (Å²) in [4.78, 5) is 24.6. The molecule has 1 aromatic rings. The van der Waals surface area contributed by atoms with E-state index < -0.39 is 11.9 Å². The van der Waals surface area contributed by atoms with E-state index in [0.29, 0.717) is 5.75 Å². The SMILES string of the molecule is COC=C(C(=O)OC)N(C)C(=O)COc1ccccc1. The van der Waals surface area contributed by atoms with Crippen LogP contribution in [-0.2, 0) is 19.1 Å². The lowest BCUT2D eigenvalue weighted by molar-refractivity contribution is -0.142. The number of benzene rings is 1. The fraction of sp³-hybridized carbons (Fsp3) is 0.286. The van der Waals surface area contributed by atoms with Gasteiger partial charge in [-0.2, -0.15) is 0 Å². The van der Waals surface area contributed by atoms with Gasteiger partial charge in [-0.3, -0.25) is 4.79 Å². The number of hydrogen-bond acceptors (Lipinski definition) is 5. The van der Waals surface area contributed by atoms with Crippen LogP contribution in [0.1, 0.15) is 0 Å². The first kappa shape index (κ1) is 15.6. The Balaban J connectivity index is 2.65. The molecule has 0 saturated carbocycles. The molecule has 1 amide bonds. The molecule has 20 heavy (non-hydrogen) atoms. The zero-order valence-electron chi connectivity index (χ0n) is 11.7. The molecule has 108 valence electrons. The predicted molar refractivity (Wildman–Crippen MR) is 71.8 cm³/mol. The largest absolute Gasteiger partial charge is 0.502 e. The zero-order chi connectivity index (χ0) is 15.0. The van der Waals surface area contributed by atoms with Crippen LogP contribution in [0, 0.1) is 0 Å². The van der Waals surface area contributed by atoms with E-state index in [9.17, 15) is 9.59 Å². The quantitative estimate of drug-likeness (QED) is 0.444. The Labute approximate surface area is 117 Å². The molecule has 0 radical (unpaired) electrons. The Kier molecular flexibility index (Phi) is 6.09. The van der Waals surface area contributed by atoms with Crippen LogP contribution in [0.3, 0.4) is 0 Å². The van der Waals surface area contributed by atoms with Crippen LogP contribution in [0.4, 0.5) is 0 Å². The third kappa shape index (κ3) is 4.31. The van der Waals surface area contributed by atoms with Gasteiger partial charge >= 0.3 is 5.97 Å². The molecule has 0 bridgehead atoms. The highest BCUT2D eigenvalue weighted by molar-refractivity contribution is 5.93. The number of likely N-dealkylation sites (N-methyl/N-ethyl adjacent to an activating group) is 1. The lowest BCUT2D eigenvalue weighted by Gasteiger charge is -2.18. The van der Waals surface area contributed by atoms with Crippen LogP contribution in [0.2, 0.25) is 0 Å². The topological polar surface area (TPSA) is 65.1 Å². The second-order valence-electron chi connectivity index (χ2n) is 3.78. The van der Waals surface area contributed by atoms with Crippen molar-refractivity contribution >= 4 is 11.9 Å². The third-order valence-electron chi connectivity index (χ3n) is 2.46. The van der Waals surface area contributed by atoms with Crippen LogP contribution in [0.25, 0.3) is 0 Å². The Morgan fingerprint density at radius 1 is 1.20 bits per heavy atom. The highest BCUT2D eigenvalue weighted by atomic mass is 16.5. The van der Waals surface area contributed by atoms with E-state index in [1.54, 1.807) is 24.3 Å². The number of carbonyl (C=O) groups is 2. The van der Waals surface area contributed by atoms with Gasteiger partial charge in [-0.05, 0) is 12.1 Å². The lowest BCUT2D eigenvalue weighted by atomic mass is 10.3. The molecule has 0 fully saturated rings. The third-order valence-corrected chi connectivity index (χ3v) is 2.46. The first-order valence-electron chi connectivity index (χ1n) is 5.85. The van der Waals surface area contributed by atoms with Crippen LogP contribution in [0.15, 0.2) is 42.3 Å². The second-order valence-corrected chi connectivity index (χ2v) is 3.78. The number of esters is 1. The molecule has 0 aliphatic carbocycles. The van der Waals surface area contributed by atoms with Gasteiger partial charge in [0.2, 0.25) is 0 Å². The monoisotopic (exact) mass is 279 g/mol. The van der Waals surface area contributed by atoms with Crippen LogP contribution < -0.4 is 4.74 Å². The average molecular weight is 279 g/mol. The van der Waals surface area contributed by atoms with Crippen LogP contribution >= 0.6 is 0 Å². The Morgan fingerprint density at radius 2 is 1.85 bits per heavy atom. The zero-order valence-corrected chi connectivity index (χ0v) is 11.7. The highest BCUT2D eigenvalue weighted by Gasteiger charge is 2.21. The molecule has 1 rings (SSSR count). The summed E-state index contributed by atoms with van der Waals surface area (Å²) in [6.45, 7) is -0.196. The van der Waals surface area contributed by atoms with E-state index in [4.69, 9.17) is 9.47 Å². The molecular weight excluding hydrogens is 262 g/mol. The maximum atomic E-state index is 11.9. The molecule has 0 N–H and O–H groups in total. The van der Waals surface area contributed by atoms with Crippen molar-refractivity contribution < 1.29 is 23.8 Å². The van der Waals surface area contributed by atoms with Crippen LogP contribution in [0.5, 0.6) is 5.75 Å². The number of ether oxygens (including phenoxy) is 3. The standard InChI is InChI=1S/C14H17NO5/c1-15(12(9-18-2)14(17)19-3)13(16)10-20-11-7-5-4-6-8-11/h4-9H,10H2,1-3H3. The van der Waals surface area contributed by atoms with Crippen molar-refractivity contribution in [2.75, 3.05) is 27.9 Å². The van der Waals surface area contributed by atoms with Gasteiger partial charge in [-0.15, -0.1) is 0 Å².